The van der Waals surface area contributed by atoms with E-state index in [1.54, 1.807) is 43.3 Å². The maximum atomic E-state index is 14.9. The summed E-state index contributed by atoms with van der Waals surface area (Å²) in [6, 6.07) is 9.33. The Morgan fingerprint density at radius 2 is 1.43 bits per heavy atom. The number of benzene rings is 2. The summed E-state index contributed by atoms with van der Waals surface area (Å²) in [5.74, 6) is -2.14. The number of aryl methyl sites for hydroxylation is 1. The van der Waals surface area contributed by atoms with Gasteiger partial charge in [-0.25, -0.2) is 17.6 Å². The van der Waals surface area contributed by atoms with Crippen molar-refractivity contribution in [1.29, 1.82) is 0 Å². The van der Waals surface area contributed by atoms with Gasteiger partial charge in [-0.15, -0.1) is 0 Å². The van der Waals surface area contributed by atoms with Crippen molar-refractivity contribution >= 4 is 5.57 Å². The molecule has 0 saturated carbocycles. The molecule has 0 N–H and O–H groups in total. The standard InChI is InChI=1S/C24H22F4O2/c1-13-3-8-18(22(26)21(13)25)15-4-6-16(7-5-15)19-9-10-20(24(28)23(19)27)17-11-29-14(2)30-12-17/h3-10,14,17,23-24H,11-12H2,1-2H3. The van der Waals surface area contributed by atoms with Crippen molar-refractivity contribution < 1.29 is 27.0 Å². The van der Waals surface area contributed by atoms with Crippen LogP contribution in [0, 0.1) is 24.5 Å². The van der Waals surface area contributed by atoms with E-state index in [0.29, 0.717) is 16.7 Å². The molecule has 4 rings (SSSR count). The average molecular weight is 418 g/mol. The highest BCUT2D eigenvalue weighted by molar-refractivity contribution is 5.75. The molecule has 0 spiro atoms. The van der Waals surface area contributed by atoms with Gasteiger partial charge in [0.2, 0.25) is 0 Å². The number of hydrogen-bond acceptors (Lipinski definition) is 2. The van der Waals surface area contributed by atoms with E-state index in [1.165, 1.54) is 19.1 Å². The lowest BCUT2D eigenvalue weighted by atomic mass is 9.84. The zero-order valence-electron chi connectivity index (χ0n) is 16.7. The van der Waals surface area contributed by atoms with Crippen LogP contribution in [0.3, 0.4) is 0 Å². The number of ether oxygens (including phenoxy) is 2. The van der Waals surface area contributed by atoms with Gasteiger partial charge in [-0.3, -0.25) is 0 Å². The lowest BCUT2D eigenvalue weighted by Gasteiger charge is -2.33. The molecule has 2 aliphatic rings. The van der Waals surface area contributed by atoms with Crippen molar-refractivity contribution in [3.8, 4) is 11.1 Å². The predicted octanol–water partition coefficient (Wildman–Crippen LogP) is 5.95. The molecule has 2 atom stereocenters. The zero-order chi connectivity index (χ0) is 21.4. The summed E-state index contributed by atoms with van der Waals surface area (Å²) >= 11 is 0. The number of hydrogen-bond donors (Lipinski definition) is 0. The minimum atomic E-state index is -1.83. The Kier molecular flexibility index (Phi) is 5.80. The van der Waals surface area contributed by atoms with Crippen LogP contribution in [0.25, 0.3) is 16.7 Å². The minimum absolute atomic E-state index is 0.121. The summed E-state index contributed by atoms with van der Waals surface area (Å²) in [4.78, 5) is 0. The van der Waals surface area contributed by atoms with E-state index < -0.39 is 24.0 Å². The van der Waals surface area contributed by atoms with Crippen molar-refractivity contribution in [2.45, 2.75) is 32.5 Å². The Hall–Kier alpha value is -2.44. The summed E-state index contributed by atoms with van der Waals surface area (Å²) < 4.78 is 68.6. The van der Waals surface area contributed by atoms with E-state index in [2.05, 4.69) is 0 Å². The van der Waals surface area contributed by atoms with Gasteiger partial charge in [0.1, 0.15) is 0 Å². The van der Waals surface area contributed by atoms with Crippen LogP contribution in [0.5, 0.6) is 0 Å². The Bertz CT molecular complexity index is 989. The molecule has 0 radical (unpaired) electrons. The molecule has 1 aliphatic carbocycles. The van der Waals surface area contributed by atoms with E-state index in [-0.39, 0.29) is 42.1 Å². The van der Waals surface area contributed by atoms with Crippen molar-refractivity contribution in [2.24, 2.45) is 5.92 Å². The quantitative estimate of drug-likeness (QED) is 0.574. The van der Waals surface area contributed by atoms with E-state index >= 15 is 0 Å². The van der Waals surface area contributed by atoms with Crippen molar-refractivity contribution in [2.75, 3.05) is 13.2 Å². The predicted molar refractivity (Wildman–Crippen MR) is 107 cm³/mol. The highest BCUT2D eigenvalue weighted by Crippen LogP contribution is 2.37. The molecule has 6 heteroatoms. The van der Waals surface area contributed by atoms with E-state index in [0.717, 1.165) is 0 Å². The van der Waals surface area contributed by atoms with Gasteiger partial charge < -0.3 is 9.47 Å². The molecule has 30 heavy (non-hydrogen) atoms. The fourth-order valence-corrected chi connectivity index (χ4v) is 3.82. The minimum Gasteiger partial charge on any atom is -0.352 e. The summed E-state index contributed by atoms with van der Waals surface area (Å²) in [6.45, 7) is 3.83. The van der Waals surface area contributed by atoms with Gasteiger partial charge in [0.25, 0.3) is 0 Å². The van der Waals surface area contributed by atoms with Crippen LogP contribution in [0.4, 0.5) is 17.6 Å². The molecule has 1 heterocycles. The number of halogens is 4. The molecule has 2 aromatic carbocycles. The topological polar surface area (TPSA) is 18.5 Å². The number of allylic oxidation sites excluding steroid dienone is 3. The third-order valence-electron chi connectivity index (χ3n) is 5.67. The Morgan fingerprint density at radius 3 is 2.10 bits per heavy atom. The lowest BCUT2D eigenvalue weighted by molar-refractivity contribution is -0.185. The van der Waals surface area contributed by atoms with Crippen LogP contribution in [-0.2, 0) is 9.47 Å². The molecule has 1 aliphatic heterocycles. The van der Waals surface area contributed by atoms with Crippen LogP contribution >= 0.6 is 0 Å². The zero-order valence-corrected chi connectivity index (χ0v) is 16.7. The SMILES string of the molecule is Cc1ccc(-c2ccc(C3=CC=C(C4COC(C)OC4)C(F)C3F)cc2)c(F)c1F. The van der Waals surface area contributed by atoms with Crippen molar-refractivity contribution in [1.82, 2.24) is 0 Å². The second-order valence-electron chi connectivity index (χ2n) is 7.66. The molecule has 1 fully saturated rings. The average Bonchev–Trinajstić information content (AvgIpc) is 2.75. The summed E-state index contributed by atoms with van der Waals surface area (Å²) in [5.41, 5.74) is 1.82. The van der Waals surface area contributed by atoms with Gasteiger partial charge in [0.05, 0.1) is 13.2 Å². The molecule has 1 saturated heterocycles. The fraction of sp³-hybridized carbons (Fsp3) is 0.333. The highest BCUT2D eigenvalue weighted by Gasteiger charge is 2.36. The van der Waals surface area contributed by atoms with Crippen molar-refractivity contribution in [3.63, 3.8) is 0 Å². The maximum absolute atomic E-state index is 14.9. The summed E-state index contributed by atoms with van der Waals surface area (Å²) in [6.07, 6.45) is -0.814. The Labute approximate surface area is 172 Å². The molecule has 2 nitrogen and oxygen atoms in total. The molecule has 2 aromatic rings. The molecule has 0 bridgehead atoms. The normalized spacial score (nSPS) is 26.9. The van der Waals surface area contributed by atoms with Gasteiger partial charge >= 0.3 is 0 Å². The molecular formula is C24H22F4O2. The van der Waals surface area contributed by atoms with E-state index in [1.807, 2.05) is 0 Å². The van der Waals surface area contributed by atoms with Gasteiger partial charge in [0.15, 0.2) is 30.3 Å². The van der Waals surface area contributed by atoms with Gasteiger partial charge in [0, 0.05) is 11.5 Å². The molecule has 2 unspecified atom stereocenters. The maximum Gasteiger partial charge on any atom is 0.166 e. The van der Waals surface area contributed by atoms with Crippen molar-refractivity contribution in [3.05, 3.63) is 76.9 Å². The first-order valence-corrected chi connectivity index (χ1v) is 9.85. The third kappa shape index (κ3) is 3.82. The molecule has 0 aromatic heterocycles. The fourth-order valence-electron chi connectivity index (χ4n) is 3.82. The first kappa shape index (κ1) is 20.8. The van der Waals surface area contributed by atoms with Gasteiger partial charge in [-0.05, 0) is 41.7 Å². The largest absolute Gasteiger partial charge is 0.352 e. The van der Waals surface area contributed by atoms with Gasteiger partial charge in [-0.2, -0.15) is 0 Å². The van der Waals surface area contributed by atoms with Gasteiger partial charge in [-0.1, -0.05) is 48.6 Å². The van der Waals surface area contributed by atoms with Crippen LogP contribution in [0.2, 0.25) is 0 Å². The first-order valence-electron chi connectivity index (χ1n) is 9.85. The smallest absolute Gasteiger partial charge is 0.166 e. The monoisotopic (exact) mass is 418 g/mol. The van der Waals surface area contributed by atoms with Crippen LogP contribution < -0.4 is 0 Å². The first-order chi connectivity index (χ1) is 14.4. The van der Waals surface area contributed by atoms with Crippen LogP contribution in [0.15, 0.2) is 54.1 Å². The molecular weight excluding hydrogens is 396 g/mol. The molecule has 158 valence electrons. The Balaban J connectivity index is 1.59. The second-order valence-corrected chi connectivity index (χ2v) is 7.66. The Morgan fingerprint density at radius 1 is 0.800 bits per heavy atom. The molecule has 0 amide bonds. The summed E-state index contributed by atoms with van der Waals surface area (Å²) in [7, 11) is 0. The van der Waals surface area contributed by atoms with Crippen LogP contribution in [0.1, 0.15) is 18.1 Å². The lowest BCUT2D eigenvalue weighted by Crippen LogP contribution is -2.36. The van der Waals surface area contributed by atoms with Crippen LogP contribution in [-0.4, -0.2) is 31.8 Å². The number of rotatable bonds is 3. The summed E-state index contributed by atoms with van der Waals surface area (Å²) in [5, 5.41) is 0. The van der Waals surface area contributed by atoms with E-state index in [4.69, 9.17) is 9.47 Å². The number of alkyl halides is 2. The third-order valence-corrected chi connectivity index (χ3v) is 5.67. The second kappa shape index (κ2) is 8.36. The highest BCUT2D eigenvalue weighted by atomic mass is 19.2. The van der Waals surface area contributed by atoms with E-state index in [9.17, 15) is 17.6 Å².